The maximum Gasteiger partial charge on any atom is 0.110 e. The standard InChI is InChI=1S/C5H9N3S/c1-4-7-2-5(9-4)8-3-6/h2,8H,3,6H2,1H3. The Hall–Kier alpha value is -0.610. The number of thiazole rings is 1. The maximum absolute atomic E-state index is 5.24. The third-order valence-electron chi connectivity index (χ3n) is 0.898. The molecule has 0 bridgehead atoms. The van der Waals surface area contributed by atoms with Gasteiger partial charge in [0.15, 0.2) is 0 Å². The highest BCUT2D eigenvalue weighted by atomic mass is 32.1. The van der Waals surface area contributed by atoms with Gasteiger partial charge in [0.2, 0.25) is 0 Å². The first-order valence-electron chi connectivity index (χ1n) is 2.69. The van der Waals surface area contributed by atoms with Gasteiger partial charge >= 0.3 is 0 Å². The molecule has 1 heterocycles. The van der Waals surface area contributed by atoms with Crippen LogP contribution in [0.5, 0.6) is 0 Å². The molecule has 50 valence electrons. The van der Waals surface area contributed by atoms with E-state index in [2.05, 4.69) is 10.3 Å². The molecule has 0 radical (unpaired) electrons. The average molecular weight is 143 g/mol. The Morgan fingerprint density at radius 2 is 2.67 bits per heavy atom. The summed E-state index contributed by atoms with van der Waals surface area (Å²) < 4.78 is 0. The summed E-state index contributed by atoms with van der Waals surface area (Å²) in [5.74, 6) is 0. The average Bonchev–Trinajstić information content (AvgIpc) is 2.17. The van der Waals surface area contributed by atoms with Gasteiger partial charge in [-0.3, -0.25) is 0 Å². The Morgan fingerprint density at radius 1 is 1.89 bits per heavy atom. The van der Waals surface area contributed by atoms with Gasteiger partial charge < -0.3 is 11.1 Å². The SMILES string of the molecule is Cc1ncc(NCN)s1. The molecule has 0 aliphatic rings. The molecule has 0 unspecified atom stereocenters. The van der Waals surface area contributed by atoms with Crippen molar-refractivity contribution in [3.05, 3.63) is 11.2 Å². The summed E-state index contributed by atoms with van der Waals surface area (Å²) in [4.78, 5) is 4.04. The van der Waals surface area contributed by atoms with Crippen LogP contribution in [0.2, 0.25) is 0 Å². The van der Waals surface area contributed by atoms with E-state index < -0.39 is 0 Å². The lowest BCUT2D eigenvalue weighted by atomic mass is 10.8. The molecular weight excluding hydrogens is 134 g/mol. The summed E-state index contributed by atoms with van der Waals surface area (Å²) in [6, 6.07) is 0. The number of anilines is 1. The second-order valence-electron chi connectivity index (χ2n) is 1.62. The topological polar surface area (TPSA) is 50.9 Å². The highest BCUT2D eigenvalue weighted by Gasteiger charge is 1.92. The van der Waals surface area contributed by atoms with Crippen molar-refractivity contribution in [2.45, 2.75) is 6.92 Å². The molecule has 0 aromatic carbocycles. The molecule has 0 fully saturated rings. The van der Waals surface area contributed by atoms with Gasteiger partial charge in [0.05, 0.1) is 17.9 Å². The van der Waals surface area contributed by atoms with Crippen molar-refractivity contribution >= 4 is 16.3 Å². The van der Waals surface area contributed by atoms with Crippen molar-refractivity contribution < 1.29 is 0 Å². The van der Waals surface area contributed by atoms with Gasteiger partial charge in [-0.05, 0) is 6.92 Å². The highest BCUT2D eigenvalue weighted by molar-refractivity contribution is 7.15. The molecule has 0 spiro atoms. The van der Waals surface area contributed by atoms with Crippen LogP contribution in [-0.2, 0) is 0 Å². The minimum absolute atomic E-state index is 0.474. The lowest BCUT2D eigenvalue weighted by molar-refractivity contribution is 1.15. The predicted octanol–water partition coefficient (Wildman–Crippen LogP) is 0.780. The lowest BCUT2D eigenvalue weighted by Crippen LogP contribution is -2.09. The molecule has 0 amide bonds. The van der Waals surface area contributed by atoms with Gasteiger partial charge in [-0.25, -0.2) is 4.98 Å². The van der Waals surface area contributed by atoms with Crippen LogP contribution < -0.4 is 11.1 Å². The van der Waals surface area contributed by atoms with E-state index >= 15 is 0 Å². The van der Waals surface area contributed by atoms with E-state index in [0.29, 0.717) is 6.67 Å². The summed E-state index contributed by atoms with van der Waals surface area (Å²) in [5.41, 5.74) is 5.24. The monoisotopic (exact) mass is 143 g/mol. The summed E-state index contributed by atoms with van der Waals surface area (Å²) in [6.45, 7) is 2.44. The van der Waals surface area contributed by atoms with Crippen molar-refractivity contribution in [2.75, 3.05) is 12.0 Å². The van der Waals surface area contributed by atoms with E-state index in [4.69, 9.17) is 5.73 Å². The molecule has 0 saturated heterocycles. The molecule has 0 aliphatic carbocycles. The molecule has 1 aromatic rings. The van der Waals surface area contributed by atoms with E-state index in [9.17, 15) is 0 Å². The minimum atomic E-state index is 0.474. The summed E-state index contributed by atoms with van der Waals surface area (Å²) in [5, 5.41) is 5.06. The number of aryl methyl sites for hydroxylation is 1. The number of hydrogen-bond acceptors (Lipinski definition) is 4. The van der Waals surface area contributed by atoms with Crippen LogP contribution >= 0.6 is 11.3 Å². The molecule has 3 N–H and O–H groups in total. The van der Waals surface area contributed by atoms with Gasteiger partial charge in [0.1, 0.15) is 5.00 Å². The second kappa shape index (κ2) is 2.80. The fourth-order valence-electron chi connectivity index (χ4n) is 0.544. The number of rotatable bonds is 2. The molecule has 0 atom stereocenters. The third-order valence-corrected chi connectivity index (χ3v) is 1.77. The molecular formula is C5H9N3S. The van der Waals surface area contributed by atoms with Crippen molar-refractivity contribution in [1.29, 1.82) is 0 Å². The summed E-state index contributed by atoms with van der Waals surface area (Å²) >= 11 is 1.61. The van der Waals surface area contributed by atoms with E-state index in [1.54, 1.807) is 17.5 Å². The fraction of sp³-hybridized carbons (Fsp3) is 0.400. The first-order chi connectivity index (χ1) is 4.33. The Kier molecular flexibility index (Phi) is 2.02. The van der Waals surface area contributed by atoms with Crippen molar-refractivity contribution in [2.24, 2.45) is 5.73 Å². The third kappa shape index (κ3) is 1.65. The van der Waals surface area contributed by atoms with Crippen LogP contribution in [0.4, 0.5) is 5.00 Å². The van der Waals surface area contributed by atoms with Gasteiger partial charge in [-0.2, -0.15) is 0 Å². The number of aromatic nitrogens is 1. The largest absolute Gasteiger partial charge is 0.363 e. The van der Waals surface area contributed by atoms with Crippen LogP contribution in [0.25, 0.3) is 0 Å². The van der Waals surface area contributed by atoms with Gasteiger partial charge in [-0.15, -0.1) is 11.3 Å². The first kappa shape index (κ1) is 6.51. The molecule has 0 saturated carbocycles. The summed E-state index contributed by atoms with van der Waals surface area (Å²) in [6.07, 6.45) is 1.78. The van der Waals surface area contributed by atoms with Crippen molar-refractivity contribution in [1.82, 2.24) is 4.98 Å². The second-order valence-corrected chi connectivity index (χ2v) is 2.86. The highest BCUT2D eigenvalue weighted by Crippen LogP contribution is 2.15. The van der Waals surface area contributed by atoms with Crippen LogP contribution in [-0.4, -0.2) is 11.7 Å². The quantitative estimate of drug-likeness (QED) is 0.601. The smallest absolute Gasteiger partial charge is 0.110 e. The lowest BCUT2D eigenvalue weighted by Gasteiger charge is -1.92. The molecule has 0 aliphatic heterocycles. The zero-order valence-corrected chi connectivity index (χ0v) is 6.03. The molecule has 4 heteroatoms. The van der Waals surface area contributed by atoms with Gasteiger partial charge in [0.25, 0.3) is 0 Å². The van der Waals surface area contributed by atoms with Crippen LogP contribution in [0.3, 0.4) is 0 Å². The van der Waals surface area contributed by atoms with Crippen LogP contribution in [0, 0.1) is 6.92 Å². The number of nitrogens with two attached hydrogens (primary N) is 1. The Bertz CT molecular complexity index is 184. The maximum atomic E-state index is 5.24. The summed E-state index contributed by atoms with van der Waals surface area (Å²) in [7, 11) is 0. The van der Waals surface area contributed by atoms with E-state index in [-0.39, 0.29) is 0 Å². The fourth-order valence-corrected chi connectivity index (χ4v) is 1.23. The normalized spacial score (nSPS) is 9.56. The van der Waals surface area contributed by atoms with Gasteiger partial charge in [-0.1, -0.05) is 0 Å². The Balaban J connectivity index is 2.61. The Morgan fingerprint density at radius 3 is 3.11 bits per heavy atom. The van der Waals surface area contributed by atoms with Crippen molar-refractivity contribution in [3.63, 3.8) is 0 Å². The minimum Gasteiger partial charge on any atom is -0.363 e. The molecule has 9 heavy (non-hydrogen) atoms. The molecule has 3 nitrogen and oxygen atoms in total. The Labute approximate surface area is 57.9 Å². The predicted molar refractivity (Wildman–Crippen MR) is 39.5 cm³/mol. The molecule has 1 aromatic heterocycles. The van der Waals surface area contributed by atoms with Crippen molar-refractivity contribution in [3.8, 4) is 0 Å². The van der Waals surface area contributed by atoms with Crippen LogP contribution in [0.15, 0.2) is 6.20 Å². The van der Waals surface area contributed by atoms with Gasteiger partial charge in [0, 0.05) is 0 Å². The zero-order valence-electron chi connectivity index (χ0n) is 5.22. The first-order valence-corrected chi connectivity index (χ1v) is 3.51. The number of hydrogen-bond donors (Lipinski definition) is 2. The molecule has 1 rings (SSSR count). The van der Waals surface area contributed by atoms with E-state index in [0.717, 1.165) is 10.0 Å². The number of nitrogens with one attached hydrogen (secondary N) is 1. The zero-order chi connectivity index (χ0) is 6.69. The van der Waals surface area contributed by atoms with E-state index in [1.165, 1.54) is 0 Å². The van der Waals surface area contributed by atoms with Crippen LogP contribution in [0.1, 0.15) is 5.01 Å². The number of nitrogens with zero attached hydrogens (tertiary/aromatic N) is 1. The van der Waals surface area contributed by atoms with E-state index in [1.807, 2.05) is 6.92 Å².